The Morgan fingerprint density at radius 2 is 2.05 bits per heavy atom. The Labute approximate surface area is 121 Å². The molecule has 3 rings (SSSR count). The summed E-state index contributed by atoms with van der Waals surface area (Å²) in [5.74, 6) is 0.764. The number of halogens is 3. The van der Waals surface area contributed by atoms with Gasteiger partial charge in [0.05, 0.1) is 11.2 Å². The standard InChI is InChI=1S/C15H19F3N2O/c16-15(17,18)11-4-5-13(19-9-11)20-8-7-14(21)6-2-1-3-12(14)10-20/h4-5,9,12,21H,1-3,6-8,10H2. The second kappa shape index (κ2) is 5.16. The third kappa shape index (κ3) is 2.86. The molecule has 0 radical (unpaired) electrons. The SMILES string of the molecule is OC12CCCCC1CN(c1ccc(C(F)(F)F)cn1)CC2. The number of aliphatic hydroxyl groups is 1. The zero-order valence-electron chi connectivity index (χ0n) is 11.7. The molecule has 1 saturated carbocycles. The van der Waals surface area contributed by atoms with E-state index in [9.17, 15) is 18.3 Å². The number of anilines is 1. The summed E-state index contributed by atoms with van der Waals surface area (Å²) in [4.78, 5) is 5.94. The lowest BCUT2D eigenvalue weighted by molar-refractivity contribution is -0.137. The minimum atomic E-state index is -4.35. The third-order valence-electron chi connectivity index (χ3n) is 4.83. The number of pyridine rings is 1. The highest BCUT2D eigenvalue weighted by Crippen LogP contribution is 2.40. The van der Waals surface area contributed by atoms with Crippen LogP contribution < -0.4 is 4.90 Å². The summed E-state index contributed by atoms with van der Waals surface area (Å²) in [6, 6.07) is 2.50. The van der Waals surface area contributed by atoms with E-state index in [1.165, 1.54) is 6.07 Å². The number of fused-ring (bicyclic) bond motifs is 1. The molecule has 2 heterocycles. The van der Waals surface area contributed by atoms with Gasteiger partial charge in [0.1, 0.15) is 5.82 Å². The van der Waals surface area contributed by atoms with Crippen molar-refractivity contribution in [2.24, 2.45) is 5.92 Å². The largest absolute Gasteiger partial charge is 0.417 e. The number of nitrogens with zero attached hydrogens (tertiary/aromatic N) is 2. The van der Waals surface area contributed by atoms with Gasteiger partial charge in [-0.25, -0.2) is 4.98 Å². The summed E-state index contributed by atoms with van der Waals surface area (Å²) < 4.78 is 37.6. The molecule has 0 aromatic carbocycles. The molecule has 3 nitrogen and oxygen atoms in total. The van der Waals surface area contributed by atoms with Gasteiger partial charge in [-0.3, -0.25) is 0 Å². The Hall–Kier alpha value is -1.30. The monoisotopic (exact) mass is 300 g/mol. The summed E-state index contributed by atoms with van der Waals surface area (Å²) in [6.07, 6.45) is 1.20. The molecule has 116 valence electrons. The molecule has 0 amide bonds. The minimum Gasteiger partial charge on any atom is -0.389 e. The first-order valence-corrected chi connectivity index (χ1v) is 7.39. The number of alkyl halides is 3. The molecule has 1 N–H and O–H groups in total. The molecule has 1 saturated heterocycles. The lowest BCUT2D eigenvalue weighted by Crippen LogP contribution is -2.53. The average molecular weight is 300 g/mol. The number of rotatable bonds is 1. The fourth-order valence-corrected chi connectivity index (χ4v) is 3.52. The van der Waals surface area contributed by atoms with E-state index in [4.69, 9.17) is 0 Å². The molecule has 0 spiro atoms. The predicted octanol–water partition coefficient (Wildman–Crippen LogP) is 3.23. The minimum absolute atomic E-state index is 0.198. The van der Waals surface area contributed by atoms with Crippen LogP contribution in [0.5, 0.6) is 0 Å². The van der Waals surface area contributed by atoms with Crippen molar-refractivity contribution in [1.29, 1.82) is 0 Å². The zero-order valence-corrected chi connectivity index (χ0v) is 11.7. The first kappa shape index (κ1) is 14.6. The normalized spacial score (nSPS) is 30.1. The van der Waals surface area contributed by atoms with Crippen molar-refractivity contribution >= 4 is 5.82 Å². The van der Waals surface area contributed by atoms with Crippen molar-refractivity contribution in [2.45, 2.75) is 43.9 Å². The van der Waals surface area contributed by atoms with Crippen molar-refractivity contribution in [2.75, 3.05) is 18.0 Å². The van der Waals surface area contributed by atoms with Crippen molar-refractivity contribution in [3.8, 4) is 0 Å². The predicted molar refractivity (Wildman–Crippen MR) is 73.0 cm³/mol. The summed E-state index contributed by atoms with van der Waals surface area (Å²) in [5.41, 5.74) is -1.31. The van der Waals surface area contributed by atoms with Gasteiger partial charge in [-0.2, -0.15) is 13.2 Å². The molecule has 2 fully saturated rings. The Bertz CT molecular complexity index is 503. The number of hydrogen-bond donors (Lipinski definition) is 1. The molecule has 2 unspecified atom stereocenters. The van der Waals surface area contributed by atoms with E-state index in [-0.39, 0.29) is 5.92 Å². The van der Waals surface area contributed by atoms with Gasteiger partial charge < -0.3 is 10.0 Å². The van der Waals surface area contributed by atoms with Crippen molar-refractivity contribution in [3.63, 3.8) is 0 Å². The summed E-state index contributed by atoms with van der Waals surface area (Å²) in [7, 11) is 0. The van der Waals surface area contributed by atoms with Gasteiger partial charge in [-0.05, 0) is 31.4 Å². The van der Waals surface area contributed by atoms with Crippen LogP contribution in [0, 0.1) is 5.92 Å². The quantitative estimate of drug-likeness (QED) is 0.865. The van der Waals surface area contributed by atoms with E-state index in [1.807, 2.05) is 4.90 Å². The molecular formula is C15H19F3N2O. The van der Waals surface area contributed by atoms with Gasteiger partial charge in [0.15, 0.2) is 0 Å². The molecule has 1 aromatic heterocycles. The lowest BCUT2D eigenvalue weighted by Gasteiger charge is -2.47. The number of aromatic nitrogens is 1. The number of piperidine rings is 1. The molecule has 21 heavy (non-hydrogen) atoms. The molecule has 2 atom stereocenters. The van der Waals surface area contributed by atoms with Crippen LogP contribution in [-0.4, -0.2) is 28.8 Å². The molecule has 6 heteroatoms. The maximum atomic E-state index is 12.5. The Morgan fingerprint density at radius 3 is 2.71 bits per heavy atom. The highest BCUT2D eigenvalue weighted by molar-refractivity contribution is 5.41. The summed E-state index contributed by atoms with van der Waals surface area (Å²) in [6.45, 7) is 1.32. The summed E-state index contributed by atoms with van der Waals surface area (Å²) >= 11 is 0. The van der Waals surface area contributed by atoms with Gasteiger partial charge in [-0.1, -0.05) is 12.8 Å². The van der Waals surface area contributed by atoms with Crippen LogP contribution in [0.3, 0.4) is 0 Å². The van der Waals surface area contributed by atoms with Crippen LogP contribution in [0.1, 0.15) is 37.7 Å². The van der Waals surface area contributed by atoms with Crippen LogP contribution in [0.25, 0.3) is 0 Å². The van der Waals surface area contributed by atoms with Crippen molar-refractivity contribution in [3.05, 3.63) is 23.9 Å². The first-order valence-electron chi connectivity index (χ1n) is 7.39. The van der Waals surface area contributed by atoms with Crippen LogP contribution >= 0.6 is 0 Å². The maximum absolute atomic E-state index is 12.5. The topological polar surface area (TPSA) is 36.4 Å². The van der Waals surface area contributed by atoms with E-state index < -0.39 is 17.3 Å². The van der Waals surface area contributed by atoms with Crippen molar-refractivity contribution in [1.82, 2.24) is 4.98 Å². The van der Waals surface area contributed by atoms with Gasteiger partial charge in [0, 0.05) is 25.2 Å². The Balaban J connectivity index is 1.73. The van der Waals surface area contributed by atoms with Gasteiger partial charge in [0.25, 0.3) is 0 Å². The molecule has 2 aliphatic rings. The smallest absolute Gasteiger partial charge is 0.389 e. The molecule has 1 aliphatic heterocycles. The molecule has 0 bridgehead atoms. The van der Waals surface area contributed by atoms with Crippen LogP contribution in [-0.2, 0) is 6.18 Å². The van der Waals surface area contributed by atoms with Gasteiger partial charge in [0.2, 0.25) is 0 Å². The Kier molecular flexibility index (Phi) is 3.59. The maximum Gasteiger partial charge on any atom is 0.417 e. The third-order valence-corrected chi connectivity index (χ3v) is 4.83. The van der Waals surface area contributed by atoms with E-state index in [0.717, 1.165) is 37.9 Å². The Morgan fingerprint density at radius 1 is 1.24 bits per heavy atom. The van der Waals surface area contributed by atoms with Crippen LogP contribution in [0.2, 0.25) is 0 Å². The average Bonchev–Trinajstić information content (AvgIpc) is 2.45. The first-order chi connectivity index (χ1) is 9.88. The number of hydrogen-bond acceptors (Lipinski definition) is 3. The van der Waals surface area contributed by atoms with Gasteiger partial charge in [-0.15, -0.1) is 0 Å². The van der Waals surface area contributed by atoms with Crippen LogP contribution in [0.4, 0.5) is 19.0 Å². The molecule has 1 aliphatic carbocycles. The van der Waals surface area contributed by atoms with Crippen molar-refractivity contribution < 1.29 is 18.3 Å². The van der Waals surface area contributed by atoms with E-state index in [0.29, 0.717) is 25.3 Å². The molecule has 1 aromatic rings. The highest BCUT2D eigenvalue weighted by atomic mass is 19.4. The summed E-state index contributed by atoms with van der Waals surface area (Å²) in [5, 5.41) is 10.6. The van der Waals surface area contributed by atoms with E-state index in [1.54, 1.807) is 0 Å². The fourth-order valence-electron chi connectivity index (χ4n) is 3.52. The second-order valence-electron chi connectivity index (χ2n) is 6.15. The highest BCUT2D eigenvalue weighted by Gasteiger charge is 2.43. The zero-order chi connectivity index (χ0) is 15.1. The fraction of sp³-hybridized carbons (Fsp3) is 0.667. The van der Waals surface area contributed by atoms with E-state index in [2.05, 4.69) is 4.98 Å². The van der Waals surface area contributed by atoms with E-state index >= 15 is 0 Å². The lowest BCUT2D eigenvalue weighted by atomic mass is 9.71. The second-order valence-corrected chi connectivity index (χ2v) is 6.15. The van der Waals surface area contributed by atoms with Gasteiger partial charge >= 0.3 is 6.18 Å². The van der Waals surface area contributed by atoms with Crippen LogP contribution in [0.15, 0.2) is 18.3 Å². The molecular weight excluding hydrogens is 281 g/mol.